The molecule has 1 rings (SSSR count). The Bertz CT molecular complexity index is 544. The van der Waals surface area contributed by atoms with Gasteiger partial charge in [0.25, 0.3) is 5.91 Å². The predicted octanol–water partition coefficient (Wildman–Crippen LogP) is 2.81. The average molecular weight is 326 g/mol. The lowest BCUT2D eigenvalue weighted by Gasteiger charge is -2.24. The molecule has 22 heavy (non-hydrogen) atoms. The molecule has 1 aromatic carbocycles. The van der Waals surface area contributed by atoms with E-state index in [9.17, 15) is 9.59 Å². The highest BCUT2D eigenvalue weighted by molar-refractivity contribution is 6.34. The van der Waals surface area contributed by atoms with Gasteiger partial charge in [-0.05, 0) is 45.5 Å². The van der Waals surface area contributed by atoms with E-state index in [0.717, 1.165) is 6.42 Å². The Balaban J connectivity index is 2.77. The largest absolute Gasteiger partial charge is 0.347 e. The van der Waals surface area contributed by atoms with Crippen LogP contribution in [0.15, 0.2) is 18.2 Å². The summed E-state index contributed by atoms with van der Waals surface area (Å²) < 4.78 is 0. The van der Waals surface area contributed by atoms with E-state index in [0.29, 0.717) is 29.2 Å². The summed E-state index contributed by atoms with van der Waals surface area (Å²) in [6, 6.07) is 4.89. The summed E-state index contributed by atoms with van der Waals surface area (Å²) in [7, 11) is 1.79. The van der Waals surface area contributed by atoms with Crippen LogP contribution in [0.5, 0.6) is 0 Å². The minimum atomic E-state index is -0.291. The zero-order valence-electron chi connectivity index (χ0n) is 13.5. The highest BCUT2D eigenvalue weighted by Crippen LogP contribution is 2.22. The number of nitrogens with one attached hydrogen (secondary N) is 3. The maximum absolute atomic E-state index is 12.2. The van der Waals surface area contributed by atoms with Crippen molar-refractivity contribution in [3.05, 3.63) is 28.8 Å². The van der Waals surface area contributed by atoms with E-state index in [1.165, 1.54) is 0 Å². The van der Waals surface area contributed by atoms with Crippen LogP contribution < -0.4 is 16.0 Å². The van der Waals surface area contributed by atoms with Crippen molar-refractivity contribution in [2.75, 3.05) is 18.9 Å². The minimum Gasteiger partial charge on any atom is -0.347 e. The number of rotatable bonds is 7. The molecule has 0 aromatic heterocycles. The smallest absolute Gasteiger partial charge is 0.253 e. The van der Waals surface area contributed by atoms with Crippen molar-refractivity contribution in [3.63, 3.8) is 0 Å². The minimum absolute atomic E-state index is 0.102. The van der Waals surface area contributed by atoms with Gasteiger partial charge < -0.3 is 16.0 Å². The molecule has 0 heterocycles. The summed E-state index contributed by atoms with van der Waals surface area (Å²) in [4.78, 5) is 23.9. The molecule has 0 radical (unpaired) electrons. The Morgan fingerprint density at radius 3 is 2.50 bits per heavy atom. The number of halogens is 1. The lowest BCUT2D eigenvalue weighted by atomic mass is 10.0. The van der Waals surface area contributed by atoms with Crippen molar-refractivity contribution in [2.45, 2.75) is 39.2 Å². The molecule has 0 aliphatic carbocycles. The molecule has 0 saturated carbocycles. The van der Waals surface area contributed by atoms with Crippen molar-refractivity contribution in [3.8, 4) is 0 Å². The fourth-order valence-electron chi connectivity index (χ4n) is 1.70. The van der Waals surface area contributed by atoms with Crippen molar-refractivity contribution < 1.29 is 9.59 Å². The van der Waals surface area contributed by atoms with Crippen molar-refractivity contribution in [1.82, 2.24) is 10.6 Å². The van der Waals surface area contributed by atoms with Crippen LogP contribution in [0.25, 0.3) is 0 Å². The summed E-state index contributed by atoms with van der Waals surface area (Å²) in [6.07, 6.45) is 1.19. The van der Waals surface area contributed by atoms with Crippen molar-refractivity contribution in [2.24, 2.45) is 0 Å². The van der Waals surface area contributed by atoms with E-state index in [1.54, 1.807) is 25.2 Å². The molecule has 0 unspecified atom stereocenters. The van der Waals surface area contributed by atoms with Gasteiger partial charge in [-0.25, -0.2) is 0 Å². The fraction of sp³-hybridized carbons (Fsp3) is 0.500. The first-order valence-electron chi connectivity index (χ1n) is 7.35. The van der Waals surface area contributed by atoms with E-state index in [2.05, 4.69) is 16.0 Å². The molecule has 3 N–H and O–H groups in total. The Morgan fingerprint density at radius 1 is 1.27 bits per heavy atom. The highest BCUT2D eigenvalue weighted by Gasteiger charge is 2.20. The van der Waals surface area contributed by atoms with Crippen LogP contribution in [-0.4, -0.2) is 30.9 Å². The van der Waals surface area contributed by atoms with Crippen LogP contribution in [0.3, 0.4) is 0 Å². The fourth-order valence-corrected chi connectivity index (χ4v) is 1.97. The molecular weight excluding hydrogens is 302 g/mol. The van der Waals surface area contributed by atoms with Gasteiger partial charge >= 0.3 is 0 Å². The van der Waals surface area contributed by atoms with Gasteiger partial charge in [-0.15, -0.1) is 0 Å². The quantitative estimate of drug-likeness (QED) is 0.722. The van der Waals surface area contributed by atoms with E-state index < -0.39 is 0 Å². The topological polar surface area (TPSA) is 70.2 Å². The monoisotopic (exact) mass is 325 g/mol. The second-order valence-electron chi connectivity index (χ2n) is 5.79. The number of hydrogen-bond acceptors (Lipinski definition) is 3. The second kappa shape index (κ2) is 8.15. The molecule has 0 spiro atoms. The van der Waals surface area contributed by atoms with Gasteiger partial charge in [0, 0.05) is 24.2 Å². The first kappa shape index (κ1) is 18.5. The standard InChI is InChI=1S/C16H24ClN3O2/c1-5-16(2,3)20-15(22)12-7-6-11(10-13(12)17)19-14(21)8-9-18-4/h6-7,10,18H,5,8-9H2,1-4H3,(H,19,21)(H,20,22). The van der Waals surface area contributed by atoms with Gasteiger partial charge in [-0.1, -0.05) is 18.5 Å². The molecule has 122 valence electrons. The molecule has 0 fully saturated rings. The summed E-state index contributed by atoms with van der Waals surface area (Å²) in [6.45, 7) is 6.52. The Labute approximate surface area is 136 Å². The molecule has 0 aliphatic heterocycles. The van der Waals surface area contributed by atoms with E-state index in [1.807, 2.05) is 20.8 Å². The van der Waals surface area contributed by atoms with Gasteiger partial charge in [0.05, 0.1) is 10.6 Å². The Morgan fingerprint density at radius 2 is 1.95 bits per heavy atom. The summed E-state index contributed by atoms with van der Waals surface area (Å²) in [5.74, 6) is -0.320. The van der Waals surface area contributed by atoms with Crippen LogP contribution in [-0.2, 0) is 4.79 Å². The molecule has 2 amide bonds. The first-order chi connectivity index (χ1) is 10.3. The molecule has 0 aliphatic rings. The van der Waals surface area contributed by atoms with Crippen LogP contribution in [0.1, 0.15) is 44.0 Å². The Hall–Kier alpha value is -1.59. The number of anilines is 1. The predicted molar refractivity (Wildman–Crippen MR) is 90.5 cm³/mol. The molecule has 0 atom stereocenters. The third-order valence-corrected chi connectivity index (χ3v) is 3.75. The number of hydrogen-bond donors (Lipinski definition) is 3. The van der Waals surface area contributed by atoms with Crippen LogP contribution in [0.4, 0.5) is 5.69 Å². The van der Waals surface area contributed by atoms with Crippen molar-refractivity contribution >= 4 is 29.1 Å². The molecule has 1 aromatic rings. The van der Waals surface area contributed by atoms with E-state index in [-0.39, 0.29) is 17.4 Å². The normalized spacial score (nSPS) is 11.1. The Kier molecular flexibility index (Phi) is 6.84. The maximum Gasteiger partial charge on any atom is 0.253 e. The van der Waals surface area contributed by atoms with Gasteiger partial charge in [0.15, 0.2) is 0 Å². The lowest BCUT2D eigenvalue weighted by Crippen LogP contribution is -2.42. The number of carbonyl (C=O) groups is 2. The van der Waals surface area contributed by atoms with Gasteiger partial charge in [0.1, 0.15) is 0 Å². The number of carbonyl (C=O) groups excluding carboxylic acids is 2. The number of amides is 2. The van der Waals surface area contributed by atoms with Crippen LogP contribution in [0.2, 0.25) is 5.02 Å². The number of benzene rings is 1. The van der Waals surface area contributed by atoms with Gasteiger partial charge in [-0.2, -0.15) is 0 Å². The van der Waals surface area contributed by atoms with Gasteiger partial charge in [0.2, 0.25) is 5.91 Å². The van der Waals surface area contributed by atoms with E-state index >= 15 is 0 Å². The molecule has 6 heteroatoms. The molecular formula is C16H24ClN3O2. The maximum atomic E-state index is 12.2. The molecule has 0 bridgehead atoms. The average Bonchev–Trinajstić information content (AvgIpc) is 2.44. The van der Waals surface area contributed by atoms with E-state index in [4.69, 9.17) is 11.6 Å². The first-order valence-corrected chi connectivity index (χ1v) is 7.73. The van der Waals surface area contributed by atoms with Gasteiger partial charge in [-0.3, -0.25) is 9.59 Å². The summed E-state index contributed by atoms with van der Waals surface area (Å²) >= 11 is 6.16. The molecule has 0 saturated heterocycles. The lowest BCUT2D eigenvalue weighted by molar-refractivity contribution is -0.116. The highest BCUT2D eigenvalue weighted by atomic mass is 35.5. The zero-order valence-corrected chi connectivity index (χ0v) is 14.3. The third kappa shape index (κ3) is 5.66. The van der Waals surface area contributed by atoms with Crippen molar-refractivity contribution in [1.29, 1.82) is 0 Å². The zero-order chi connectivity index (χ0) is 16.8. The second-order valence-corrected chi connectivity index (χ2v) is 6.20. The third-order valence-electron chi connectivity index (χ3n) is 3.44. The summed E-state index contributed by atoms with van der Waals surface area (Å²) in [5.41, 5.74) is 0.689. The van der Waals surface area contributed by atoms with Crippen LogP contribution in [0, 0.1) is 0 Å². The molecule has 5 nitrogen and oxygen atoms in total. The summed E-state index contributed by atoms with van der Waals surface area (Å²) in [5, 5.41) is 8.90. The van der Waals surface area contributed by atoms with Crippen LogP contribution >= 0.6 is 11.6 Å². The SMILES string of the molecule is CCC(C)(C)NC(=O)c1ccc(NC(=O)CCNC)cc1Cl.